The molecule has 1 saturated heterocycles. The quantitative estimate of drug-likeness (QED) is 0.657. The van der Waals surface area contributed by atoms with Gasteiger partial charge in [-0.15, -0.1) is 0 Å². The van der Waals surface area contributed by atoms with Crippen molar-refractivity contribution >= 4 is 5.91 Å². The second kappa shape index (κ2) is 4.60. The molecule has 1 fully saturated rings. The molecule has 3 nitrogen and oxygen atoms in total. The minimum absolute atomic E-state index is 0.199. The van der Waals surface area contributed by atoms with Gasteiger partial charge in [0.1, 0.15) is 0 Å². The van der Waals surface area contributed by atoms with Gasteiger partial charge >= 0.3 is 0 Å². The molecule has 0 unspecified atom stereocenters. The fourth-order valence-corrected chi connectivity index (χ4v) is 1.94. The maximum absolute atomic E-state index is 11.5. The van der Waals surface area contributed by atoms with Crippen molar-refractivity contribution in [3.8, 4) is 0 Å². The van der Waals surface area contributed by atoms with Gasteiger partial charge in [-0.05, 0) is 25.7 Å². The monoisotopic (exact) mass is 194 g/mol. The number of hydrogen-bond acceptors (Lipinski definition) is 2. The van der Waals surface area contributed by atoms with Gasteiger partial charge in [-0.3, -0.25) is 4.79 Å². The van der Waals surface area contributed by atoms with Crippen molar-refractivity contribution in [3.63, 3.8) is 0 Å². The number of carbonyl (C=O) groups excluding carboxylic acids is 1. The molecular weight excluding hydrogens is 176 g/mol. The molecular formula is C11H18N2O. The van der Waals surface area contributed by atoms with Crippen molar-refractivity contribution in [1.29, 1.82) is 0 Å². The molecule has 3 heteroatoms. The second-order valence-corrected chi connectivity index (χ2v) is 4.21. The minimum atomic E-state index is 0.199. The molecule has 0 spiro atoms. The van der Waals surface area contributed by atoms with Crippen LogP contribution in [-0.2, 0) is 4.79 Å². The Morgan fingerprint density at radius 1 is 1.50 bits per heavy atom. The van der Waals surface area contributed by atoms with E-state index in [-0.39, 0.29) is 5.91 Å². The van der Waals surface area contributed by atoms with Gasteiger partial charge in [-0.2, -0.15) is 0 Å². The molecule has 1 aliphatic carbocycles. The summed E-state index contributed by atoms with van der Waals surface area (Å²) in [6.07, 6.45) is 7.68. The Morgan fingerprint density at radius 2 is 2.36 bits per heavy atom. The van der Waals surface area contributed by atoms with E-state index in [9.17, 15) is 4.79 Å². The molecule has 2 aliphatic rings. The van der Waals surface area contributed by atoms with Gasteiger partial charge in [-0.25, -0.2) is 0 Å². The van der Waals surface area contributed by atoms with E-state index in [1.807, 2.05) is 0 Å². The molecule has 0 radical (unpaired) electrons. The summed E-state index contributed by atoms with van der Waals surface area (Å²) in [5.41, 5.74) is 1.33. The summed E-state index contributed by atoms with van der Waals surface area (Å²) in [5, 5.41) is 6.16. The van der Waals surface area contributed by atoms with Crippen LogP contribution in [0.2, 0.25) is 0 Å². The molecule has 2 N–H and O–H groups in total. The van der Waals surface area contributed by atoms with Crippen LogP contribution in [0.4, 0.5) is 0 Å². The van der Waals surface area contributed by atoms with Crippen LogP contribution < -0.4 is 10.6 Å². The third kappa shape index (κ3) is 2.58. The van der Waals surface area contributed by atoms with E-state index >= 15 is 0 Å². The van der Waals surface area contributed by atoms with Crippen LogP contribution in [0.25, 0.3) is 0 Å². The molecule has 0 saturated carbocycles. The lowest BCUT2D eigenvalue weighted by atomic mass is 9.97. The molecule has 1 aliphatic heterocycles. The van der Waals surface area contributed by atoms with E-state index < -0.39 is 0 Å². The fourth-order valence-electron chi connectivity index (χ4n) is 1.94. The standard InChI is InChI=1S/C11H18N2O/c14-11(13-10-7-12-8-10)6-9-4-2-1-3-5-9/h4,10,12H,1-3,5-8H2,(H,13,14). The van der Waals surface area contributed by atoms with Crippen molar-refractivity contribution in [2.45, 2.75) is 38.1 Å². The van der Waals surface area contributed by atoms with Gasteiger partial charge in [0.15, 0.2) is 0 Å². The predicted molar refractivity (Wildman–Crippen MR) is 56.0 cm³/mol. The Balaban J connectivity index is 1.72. The van der Waals surface area contributed by atoms with Crippen molar-refractivity contribution in [1.82, 2.24) is 10.6 Å². The van der Waals surface area contributed by atoms with Crippen molar-refractivity contribution in [2.75, 3.05) is 13.1 Å². The van der Waals surface area contributed by atoms with E-state index in [1.54, 1.807) is 0 Å². The zero-order valence-electron chi connectivity index (χ0n) is 8.51. The summed E-state index contributed by atoms with van der Waals surface area (Å²) in [6.45, 7) is 1.87. The van der Waals surface area contributed by atoms with Crippen LogP contribution in [0, 0.1) is 0 Å². The third-order valence-electron chi connectivity index (χ3n) is 2.92. The van der Waals surface area contributed by atoms with E-state index in [0.29, 0.717) is 12.5 Å². The molecule has 0 aromatic carbocycles. The summed E-state index contributed by atoms with van der Waals surface area (Å²) in [7, 11) is 0. The molecule has 1 amide bonds. The van der Waals surface area contributed by atoms with Crippen LogP contribution >= 0.6 is 0 Å². The Bertz CT molecular complexity index is 244. The lowest BCUT2D eigenvalue weighted by Crippen LogP contribution is -2.56. The SMILES string of the molecule is O=C(CC1=CCCCC1)NC1CNC1. The fraction of sp³-hybridized carbons (Fsp3) is 0.727. The highest BCUT2D eigenvalue weighted by atomic mass is 16.1. The Hall–Kier alpha value is -0.830. The number of amides is 1. The molecule has 0 bridgehead atoms. The van der Waals surface area contributed by atoms with Crippen LogP contribution in [-0.4, -0.2) is 25.0 Å². The first kappa shape index (κ1) is 9.71. The summed E-state index contributed by atoms with van der Waals surface area (Å²) in [5.74, 6) is 0.199. The Labute approximate surface area is 84.9 Å². The van der Waals surface area contributed by atoms with Gasteiger partial charge in [0.2, 0.25) is 5.91 Å². The zero-order valence-corrected chi connectivity index (χ0v) is 8.51. The maximum atomic E-state index is 11.5. The van der Waals surface area contributed by atoms with Crippen LogP contribution in [0.5, 0.6) is 0 Å². The number of carbonyl (C=O) groups is 1. The molecule has 2 rings (SSSR count). The lowest BCUT2D eigenvalue weighted by Gasteiger charge is -2.28. The summed E-state index contributed by atoms with van der Waals surface area (Å²) in [6, 6.07) is 0.381. The average molecular weight is 194 g/mol. The highest BCUT2D eigenvalue weighted by Crippen LogP contribution is 2.19. The second-order valence-electron chi connectivity index (χ2n) is 4.21. The normalized spacial score (nSPS) is 22.4. The van der Waals surface area contributed by atoms with Gasteiger partial charge in [0, 0.05) is 19.5 Å². The summed E-state index contributed by atoms with van der Waals surface area (Å²) < 4.78 is 0. The first-order chi connectivity index (χ1) is 6.84. The number of allylic oxidation sites excluding steroid dienone is 1. The molecule has 0 aromatic heterocycles. The van der Waals surface area contributed by atoms with Gasteiger partial charge < -0.3 is 10.6 Å². The Kier molecular flexibility index (Phi) is 3.19. The number of nitrogens with one attached hydrogen (secondary N) is 2. The van der Waals surface area contributed by atoms with Crippen molar-refractivity contribution < 1.29 is 4.79 Å². The highest BCUT2D eigenvalue weighted by Gasteiger charge is 2.19. The number of rotatable bonds is 3. The lowest BCUT2D eigenvalue weighted by molar-refractivity contribution is -0.121. The van der Waals surface area contributed by atoms with Gasteiger partial charge in [-0.1, -0.05) is 11.6 Å². The van der Waals surface area contributed by atoms with Gasteiger partial charge in [0.05, 0.1) is 6.04 Å². The summed E-state index contributed by atoms with van der Waals surface area (Å²) in [4.78, 5) is 11.5. The van der Waals surface area contributed by atoms with Crippen LogP contribution in [0.1, 0.15) is 32.1 Å². The first-order valence-corrected chi connectivity index (χ1v) is 5.52. The molecule has 78 valence electrons. The van der Waals surface area contributed by atoms with E-state index in [4.69, 9.17) is 0 Å². The maximum Gasteiger partial charge on any atom is 0.224 e. The summed E-state index contributed by atoms with van der Waals surface area (Å²) >= 11 is 0. The van der Waals surface area contributed by atoms with Crippen molar-refractivity contribution in [2.24, 2.45) is 0 Å². The van der Waals surface area contributed by atoms with Crippen molar-refractivity contribution in [3.05, 3.63) is 11.6 Å². The van der Waals surface area contributed by atoms with Crippen LogP contribution in [0.15, 0.2) is 11.6 Å². The average Bonchev–Trinajstić information content (AvgIpc) is 2.13. The largest absolute Gasteiger partial charge is 0.351 e. The number of hydrogen-bond donors (Lipinski definition) is 2. The predicted octanol–water partition coefficient (Wildman–Crippen LogP) is 0.965. The van der Waals surface area contributed by atoms with Crippen LogP contribution in [0.3, 0.4) is 0 Å². The molecule has 1 heterocycles. The molecule has 14 heavy (non-hydrogen) atoms. The topological polar surface area (TPSA) is 41.1 Å². The molecule has 0 atom stereocenters. The third-order valence-corrected chi connectivity index (χ3v) is 2.92. The smallest absolute Gasteiger partial charge is 0.224 e. The van der Waals surface area contributed by atoms with Gasteiger partial charge in [0.25, 0.3) is 0 Å². The van der Waals surface area contributed by atoms with E-state index in [2.05, 4.69) is 16.7 Å². The molecule has 0 aromatic rings. The minimum Gasteiger partial charge on any atom is -0.351 e. The highest BCUT2D eigenvalue weighted by molar-refractivity contribution is 5.79. The zero-order chi connectivity index (χ0) is 9.80. The first-order valence-electron chi connectivity index (χ1n) is 5.52. The van der Waals surface area contributed by atoms with E-state index in [0.717, 1.165) is 25.9 Å². The van der Waals surface area contributed by atoms with E-state index in [1.165, 1.54) is 18.4 Å². The Morgan fingerprint density at radius 3 is 2.93 bits per heavy atom.